The molecule has 5 nitrogen and oxygen atoms in total. The van der Waals surface area contributed by atoms with Crippen molar-refractivity contribution in [1.29, 1.82) is 0 Å². The molecular formula is C15H21ClN2O3. The molecule has 0 bridgehead atoms. The molecule has 1 aromatic carbocycles. The smallest absolute Gasteiger partial charge is 0.253 e. The van der Waals surface area contributed by atoms with E-state index in [0.717, 1.165) is 25.9 Å². The van der Waals surface area contributed by atoms with Crippen molar-refractivity contribution >= 4 is 28.9 Å². The fourth-order valence-corrected chi connectivity index (χ4v) is 2.25. The summed E-state index contributed by atoms with van der Waals surface area (Å²) < 4.78 is 11.1. The Morgan fingerprint density at radius 3 is 3.05 bits per heavy atom. The van der Waals surface area contributed by atoms with Crippen molar-refractivity contribution in [2.24, 2.45) is 0 Å². The summed E-state index contributed by atoms with van der Waals surface area (Å²) in [6.07, 6.45) is 2.79. The maximum Gasteiger partial charge on any atom is 0.253 e. The Hall–Kier alpha value is -1.30. The zero-order chi connectivity index (χ0) is 15.2. The first-order valence-electron chi connectivity index (χ1n) is 7.15. The van der Waals surface area contributed by atoms with E-state index in [1.165, 1.54) is 0 Å². The lowest BCUT2D eigenvalue weighted by Gasteiger charge is -2.23. The third kappa shape index (κ3) is 4.88. The van der Waals surface area contributed by atoms with Crippen LogP contribution in [-0.4, -0.2) is 31.3 Å². The lowest BCUT2D eigenvalue weighted by Crippen LogP contribution is -2.32. The summed E-state index contributed by atoms with van der Waals surface area (Å²) in [5.74, 6) is -0.215. The lowest BCUT2D eigenvalue weighted by molar-refractivity contribution is -0.130. The first-order valence-corrected chi connectivity index (χ1v) is 7.53. The molecule has 116 valence electrons. The van der Waals surface area contributed by atoms with Crippen molar-refractivity contribution in [3.63, 3.8) is 0 Å². The number of hydrogen-bond acceptors (Lipinski definition) is 4. The van der Waals surface area contributed by atoms with Gasteiger partial charge in [0.25, 0.3) is 5.91 Å². The van der Waals surface area contributed by atoms with Crippen LogP contribution in [0.25, 0.3) is 0 Å². The number of nitrogen functional groups attached to an aromatic ring is 1. The highest BCUT2D eigenvalue weighted by Gasteiger charge is 2.19. The van der Waals surface area contributed by atoms with Gasteiger partial charge in [0.05, 0.1) is 23.4 Å². The quantitative estimate of drug-likeness (QED) is 0.820. The highest BCUT2D eigenvalue weighted by atomic mass is 35.5. The summed E-state index contributed by atoms with van der Waals surface area (Å²) in [5, 5.41) is 3.22. The predicted molar refractivity (Wildman–Crippen MR) is 83.5 cm³/mol. The maximum atomic E-state index is 12.0. The van der Waals surface area contributed by atoms with Crippen molar-refractivity contribution in [1.82, 2.24) is 0 Å². The topological polar surface area (TPSA) is 73.6 Å². The molecule has 1 aliphatic rings. The average Bonchev–Trinajstić information content (AvgIpc) is 2.49. The second-order valence-corrected chi connectivity index (χ2v) is 5.60. The van der Waals surface area contributed by atoms with Crippen molar-refractivity contribution in [2.45, 2.75) is 38.4 Å². The molecule has 21 heavy (non-hydrogen) atoms. The fourth-order valence-electron chi connectivity index (χ4n) is 2.13. The first-order chi connectivity index (χ1) is 10.1. The van der Waals surface area contributed by atoms with Crippen molar-refractivity contribution in [3.8, 4) is 0 Å². The number of nitrogens with one attached hydrogen (secondary N) is 1. The molecule has 1 aromatic rings. The SMILES string of the molecule is CC(OCC1CCCCO1)C(=O)Nc1ccc(Cl)c(N)c1. The van der Waals surface area contributed by atoms with E-state index in [2.05, 4.69) is 5.32 Å². The van der Waals surface area contributed by atoms with E-state index in [1.54, 1.807) is 25.1 Å². The number of hydrogen-bond donors (Lipinski definition) is 2. The van der Waals surface area contributed by atoms with Gasteiger partial charge in [-0.15, -0.1) is 0 Å². The van der Waals surface area contributed by atoms with E-state index in [0.29, 0.717) is 23.0 Å². The van der Waals surface area contributed by atoms with E-state index in [1.807, 2.05) is 0 Å². The number of carbonyl (C=O) groups is 1. The second kappa shape index (κ2) is 7.64. The molecule has 0 radical (unpaired) electrons. The van der Waals surface area contributed by atoms with Gasteiger partial charge in [-0.2, -0.15) is 0 Å². The Morgan fingerprint density at radius 1 is 1.57 bits per heavy atom. The molecule has 6 heteroatoms. The van der Waals surface area contributed by atoms with Gasteiger partial charge in [-0.25, -0.2) is 0 Å². The largest absolute Gasteiger partial charge is 0.397 e. The summed E-state index contributed by atoms with van der Waals surface area (Å²) in [6.45, 7) is 2.94. The number of rotatable bonds is 5. The van der Waals surface area contributed by atoms with Crippen LogP contribution in [0, 0.1) is 0 Å². The maximum absolute atomic E-state index is 12.0. The van der Waals surface area contributed by atoms with Crippen LogP contribution in [0.5, 0.6) is 0 Å². The van der Waals surface area contributed by atoms with Crippen molar-refractivity contribution in [2.75, 3.05) is 24.3 Å². The zero-order valence-electron chi connectivity index (χ0n) is 12.1. The highest BCUT2D eigenvalue weighted by Crippen LogP contribution is 2.22. The Balaban J connectivity index is 1.80. The predicted octanol–water partition coefficient (Wildman–Crippen LogP) is 2.83. The number of anilines is 2. The van der Waals surface area contributed by atoms with Crippen LogP contribution >= 0.6 is 11.6 Å². The van der Waals surface area contributed by atoms with Gasteiger partial charge in [-0.1, -0.05) is 11.6 Å². The van der Waals surface area contributed by atoms with Crippen LogP contribution in [0.3, 0.4) is 0 Å². The Bertz CT molecular complexity index is 490. The van der Waals surface area contributed by atoms with Gasteiger partial charge in [-0.05, 0) is 44.4 Å². The Morgan fingerprint density at radius 2 is 2.38 bits per heavy atom. The summed E-state index contributed by atoms with van der Waals surface area (Å²) in [7, 11) is 0. The number of nitrogens with two attached hydrogens (primary N) is 1. The number of halogens is 1. The molecule has 0 aliphatic carbocycles. The molecule has 0 aromatic heterocycles. The van der Waals surface area contributed by atoms with E-state index >= 15 is 0 Å². The third-order valence-electron chi connectivity index (χ3n) is 3.44. The van der Waals surface area contributed by atoms with Gasteiger partial charge in [0, 0.05) is 12.3 Å². The summed E-state index contributed by atoms with van der Waals surface area (Å²) in [4.78, 5) is 12.0. The zero-order valence-corrected chi connectivity index (χ0v) is 12.9. The van der Waals surface area contributed by atoms with Crippen molar-refractivity contribution in [3.05, 3.63) is 23.2 Å². The van der Waals surface area contributed by atoms with Gasteiger partial charge in [0.1, 0.15) is 6.10 Å². The molecular weight excluding hydrogens is 292 g/mol. The summed E-state index contributed by atoms with van der Waals surface area (Å²) in [6, 6.07) is 4.97. The van der Waals surface area contributed by atoms with E-state index < -0.39 is 6.10 Å². The van der Waals surface area contributed by atoms with Crippen molar-refractivity contribution < 1.29 is 14.3 Å². The normalized spacial score (nSPS) is 20.0. The summed E-state index contributed by atoms with van der Waals surface area (Å²) in [5.41, 5.74) is 6.73. The van der Waals surface area contributed by atoms with Gasteiger partial charge >= 0.3 is 0 Å². The number of amides is 1. The number of benzene rings is 1. The van der Waals surface area contributed by atoms with Gasteiger partial charge in [0.2, 0.25) is 0 Å². The van der Waals surface area contributed by atoms with Crippen LogP contribution in [0.2, 0.25) is 5.02 Å². The summed E-state index contributed by atoms with van der Waals surface area (Å²) >= 11 is 5.84. The van der Waals surface area contributed by atoms with Crippen LogP contribution in [-0.2, 0) is 14.3 Å². The molecule has 0 spiro atoms. The molecule has 1 saturated heterocycles. The fraction of sp³-hybridized carbons (Fsp3) is 0.533. The Kier molecular flexibility index (Phi) is 5.85. The third-order valence-corrected chi connectivity index (χ3v) is 3.78. The molecule has 1 heterocycles. The van der Waals surface area contributed by atoms with Crippen LogP contribution in [0.1, 0.15) is 26.2 Å². The molecule has 1 fully saturated rings. The minimum atomic E-state index is -0.549. The minimum Gasteiger partial charge on any atom is -0.397 e. The highest BCUT2D eigenvalue weighted by molar-refractivity contribution is 6.33. The van der Waals surface area contributed by atoms with E-state index in [4.69, 9.17) is 26.8 Å². The second-order valence-electron chi connectivity index (χ2n) is 5.19. The monoisotopic (exact) mass is 312 g/mol. The van der Waals surface area contributed by atoms with Crippen LogP contribution in [0.4, 0.5) is 11.4 Å². The standard InChI is InChI=1S/C15H21ClN2O3/c1-10(21-9-12-4-2-3-7-20-12)15(19)18-11-5-6-13(16)14(17)8-11/h5-6,8,10,12H,2-4,7,9,17H2,1H3,(H,18,19). The van der Waals surface area contributed by atoms with Gasteiger partial charge in [0.15, 0.2) is 0 Å². The van der Waals surface area contributed by atoms with E-state index in [-0.39, 0.29) is 12.0 Å². The molecule has 2 unspecified atom stereocenters. The number of ether oxygens (including phenoxy) is 2. The first kappa shape index (κ1) is 16.1. The molecule has 2 rings (SSSR count). The minimum absolute atomic E-state index is 0.0974. The molecule has 1 amide bonds. The van der Waals surface area contributed by atoms with E-state index in [9.17, 15) is 4.79 Å². The number of carbonyl (C=O) groups excluding carboxylic acids is 1. The lowest BCUT2D eigenvalue weighted by atomic mass is 10.1. The molecule has 0 saturated carbocycles. The van der Waals surface area contributed by atoms with Gasteiger partial charge in [-0.3, -0.25) is 4.79 Å². The molecule has 2 atom stereocenters. The Labute approximate surface area is 129 Å². The molecule has 1 aliphatic heterocycles. The van der Waals surface area contributed by atoms with Gasteiger partial charge < -0.3 is 20.5 Å². The average molecular weight is 313 g/mol. The van der Waals surface area contributed by atoms with Crippen LogP contribution in [0.15, 0.2) is 18.2 Å². The van der Waals surface area contributed by atoms with Crippen LogP contribution < -0.4 is 11.1 Å². The molecule has 3 N–H and O–H groups in total.